The summed E-state index contributed by atoms with van der Waals surface area (Å²) in [6.07, 6.45) is 9.51. The van der Waals surface area contributed by atoms with Crippen LogP contribution in [0.4, 0.5) is 4.39 Å². The molecule has 5 unspecified atom stereocenters. The molecule has 4 aliphatic rings. The van der Waals surface area contributed by atoms with E-state index in [0.29, 0.717) is 12.8 Å². The van der Waals surface area contributed by atoms with E-state index >= 15 is 0 Å². The minimum atomic E-state index is -1.48. The Balaban J connectivity index is 1.05. The molecule has 2 N–H and O–H groups in total. The van der Waals surface area contributed by atoms with Crippen LogP contribution in [0.1, 0.15) is 57.2 Å². The number of hydrogen-bond acceptors (Lipinski definition) is 6. The quantitative estimate of drug-likeness (QED) is 0.238. The lowest BCUT2D eigenvalue weighted by Crippen LogP contribution is -2.62. The van der Waals surface area contributed by atoms with Crippen LogP contribution in [-0.4, -0.2) is 48.2 Å². The van der Waals surface area contributed by atoms with Crippen molar-refractivity contribution in [2.45, 2.75) is 69.1 Å². The molecule has 0 radical (unpaired) electrons. The standard InChI is InChI=1S/C37H38FN3O3S/c1-35-18-23-20-40-41(26-10-8-25(38)9-11-26)30(23)17-24(35)7-12-28-29-13-15-37(44,36(29,2)19-31(42)33(28)35)32(43)21-45-34-27-6-4-3-5-22(27)14-16-39-34/h3-6,8-11,14,16-17,20,28-29,31,33,42,44H,7,12-13,15,18-19,21H2,1-2H3/t28?,29?,31-,33?,35?,36?,37-/m0/s1. The van der Waals surface area contributed by atoms with Crippen LogP contribution < -0.4 is 0 Å². The molecule has 0 aliphatic heterocycles. The van der Waals surface area contributed by atoms with Crippen LogP contribution in [0, 0.1) is 34.4 Å². The summed E-state index contributed by atoms with van der Waals surface area (Å²) in [5, 5.41) is 31.8. The summed E-state index contributed by atoms with van der Waals surface area (Å²) in [5.41, 5.74) is 1.89. The third-order valence-corrected chi connectivity index (χ3v) is 13.1. The van der Waals surface area contributed by atoms with Gasteiger partial charge in [-0.05, 0) is 109 Å². The first-order valence-corrected chi connectivity index (χ1v) is 17.1. The minimum Gasteiger partial charge on any atom is -0.393 e. The van der Waals surface area contributed by atoms with E-state index in [1.54, 1.807) is 18.3 Å². The number of aromatic nitrogens is 3. The zero-order valence-corrected chi connectivity index (χ0v) is 26.4. The second-order valence-electron chi connectivity index (χ2n) is 14.2. The number of aliphatic hydroxyl groups excluding tert-OH is 1. The molecule has 232 valence electrons. The Kier molecular flexibility index (Phi) is 6.69. The van der Waals surface area contributed by atoms with Crippen LogP contribution in [0.15, 0.2) is 77.6 Å². The molecule has 0 saturated heterocycles. The Bertz CT molecular complexity index is 1850. The van der Waals surface area contributed by atoms with Crippen molar-refractivity contribution < 1.29 is 19.4 Å². The van der Waals surface area contributed by atoms with E-state index in [4.69, 9.17) is 0 Å². The Hall–Kier alpha value is -3.33. The molecule has 3 fully saturated rings. The van der Waals surface area contributed by atoms with Crippen molar-refractivity contribution in [3.05, 3.63) is 89.6 Å². The minimum absolute atomic E-state index is 0.0320. The molecule has 2 aromatic heterocycles. The molecule has 8 heteroatoms. The van der Waals surface area contributed by atoms with Gasteiger partial charge in [0.15, 0.2) is 5.78 Å². The summed E-state index contributed by atoms with van der Waals surface area (Å²) in [4.78, 5) is 18.5. The zero-order valence-electron chi connectivity index (χ0n) is 25.6. The Labute approximate surface area is 266 Å². The predicted octanol–water partition coefficient (Wildman–Crippen LogP) is 6.81. The molecule has 2 heterocycles. The smallest absolute Gasteiger partial charge is 0.175 e. The van der Waals surface area contributed by atoms with E-state index < -0.39 is 17.1 Å². The number of allylic oxidation sites excluding steroid dienone is 1. The highest BCUT2D eigenvalue weighted by Crippen LogP contribution is 2.67. The average molecular weight is 624 g/mol. The number of benzene rings is 2. The fraction of sp³-hybridized carbons (Fsp3) is 0.432. The highest BCUT2D eigenvalue weighted by molar-refractivity contribution is 8.00. The summed E-state index contributed by atoms with van der Waals surface area (Å²) in [6.45, 7) is 4.35. The lowest BCUT2D eigenvalue weighted by Gasteiger charge is -2.60. The van der Waals surface area contributed by atoms with E-state index in [-0.39, 0.29) is 40.5 Å². The summed E-state index contributed by atoms with van der Waals surface area (Å²) < 4.78 is 15.5. The summed E-state index contributed by atoms with van der Waals surface area (Å²) in [7, 11) is 0. The maximum absolute atomic E-state index is 14.0. The van der Waals surface area contributed by atoms with Crippen molar-refractivity contribution in [3.63, 3.8) is 0 Å². The number of hydrogen-bond donors (Lipinski definition) is 2. The molecule has 0 spiro atoms. The van der Waals surface area contributed by atoms with Gasteiger partial charge in [0.05, 0.1) is 29.4 Å². The maximum atomic E-state index is 14.0. The van der Waals surface area contributed by atoms with Crippen molar-refractivity contribution in [1.82, 2.24) is 14.8 Å². The Morgan fingerprint density at radius 1 is 1.11 bits per heavy atom. The topological polar surface area (TPSA) is 88.2 Å². The Morgan fingerprint density at radius 3 is 2.73 bits per heavy atom. The number of pyridine rings is 1. The number of thioether (sulfide) groups is 1. The third-order valence-electron chi connectivity index (χ3n) is 12.1. The van der Waals surface area contributed by atoms with Gasteiger partial charge in [-0.15, -0.1) is 0 Å². The van der Waals surface area contributed by atoms with Gasteiger partial charge in [0.2, 0.25) is 0 Å². The van der Waals surface area contributed by atoms with Crippen LogP contribution in [0.5, 0.6) is 0 Å². The number of ketones is 1. The van der Waals surface area contributed by atoms with Crippen molar-refractivity contribution in [2.24, 2.45) is 28.6 Å². The third kappa shape index (κ3) is 4.25. The summed E-state index contributed by atoms with van der Waals surface area (Å²) in [5.74, 6) is 0.116. The molecule has 0 bridgehead atoms. The van der Waals surface area contributed by atoms with Crippen molar-refractivity contribution in [1.29, 1.82) is 0 Å². The molecule has 8 rings (SSSR count). The molecule has 3 saturated carbocycles. The van der Waals surface area contributed by atoms with Gasteiger partial charge in [-0.3, -0.25) is 4.79 Å². The monoisotopic (exact) mass is 623 g/mol. The maximum Gasteiger partial charge on any atom is 0.175 e. The van der Waals surface area contributed by atoms with Crippen LogP contribution in [-0.2, 0) is 11.2 Å². The lowest BCUT2D eigenvalue weighted by atomic mass is 9.45. The Morgan fingerprint density at radius 2 is 1.91 bits per heavy atom. The summed E-state index contributed by atoms with van der Waals surface area (Å²) in [6, 6.07) is 16.4. The molecule has 0 amide bonds. The predicted molar refractivity (Wildman–Crippen MR) is 173 cm³/mol. The van der Waals surface area contributed by atoms with E-state index in [1.807, 2.05) is 41.2 Å². The molecular formula is C37H38FN3O3S. The van der Waals surface area contributed by atoms with Gasteiger partial charge < -0.3 is 10.2 Å². The van der Waals surface area contributed by atoms with E-state index in [9.17, 15) is 19.4 Å². The van der Waals surface area contributed by atoms with Crippen LogP contribution in [0.25, 0.3) is 22.5 Å². The van der Waals surface area contributed by atoms with Crippen LogP contribution in [0.3, 0.4) is 0 Å². The number of nitrogens with zero attached hydrogens (tertiary/aromatic N) is 3. The second kappa shape index (κ2) is 10.3. The largest absolute Gasteiger partial charge is 0.393 e. The first-order valence-electron chi connectivity index (χ1n) is 16.1. The van der Waals surface area contributed by atoms with Gasteiger partial charge in [0, 0.05) is 17.0 Å². The van der Waals surface area contributed by atoms with Gasteiger partial charge >= 0.3 is 0 Å². The molecule has 6 nitrogen and oxygen atoms in total. The number of Topliss-reactive ketones (excluding diaryl/α,β-unsaturated/α-hetero) is 1. The van der Waals surface area contributed by atoms with E-state index in [2.05, 4.69) is 30.0 Å². The molecule has 7 atom stereocenters. The first kappa shape index (κ1) is 29.1. The van der Waals surface area contributed by atoms with E-state index in [0.717, 1.165) is 58.4 Å². The fourth-order valence-corrected chi connectivity index (χ4v) is 10.9. The van der Waals surface area contributed by atoms with Crippen LogP contribution >= 0.6 is 11.8 Å². The van der Waals surface area contributed by atoms with Crippen molar-refractivity contribution in [3.8, 4) is 5.69 Å². The SMILES string of the molecule is CC12Cc3cnn(-c4ccc(F)cc4)c3C=C1CCC1C2[C@@H](O)CC2(C)C1CC[C@]2(O)C(=O)CSc1nccc2ccccc12. The first-order chi connectivity index (χ1) is 21.6. The number of halogens is 1. The summed E-state index contributed by atoms with van der Waals surface area (Å²) >= 11 is 1.40. The van der Waals surface area contributed by atoms with Gasteiger partial charge in [0.1, 0.15) is 16.4 Å². The second-order valence-corrected chi connectivity index (χ2v) is 15.1. The zero-order chi connectivity index (χ0) is 31.1. The number of fused-ring (bicyclic) bond motifs is 7. The molecular weight excluding hydrogens is 585 g/mol. The number of aliphatic hydroxyl groups is 2. The molecule has 4 aliphatic carbocycles. The highest BCUT2D eigenvalue weighted by atomic mass is 32.2. The normalized spacial score (nSPS) is 33.6. The van der Waals surface area contributed by atoms with Gasteiger partial charge in [-0.2, -0.15) is 5.10 Å². The van der Waals surface area contributed by atoms with Gasteiger partial charge in [-0.1, -0.05) is 55.4 Å². The van der Waals surface area contributed by atoms with Gasteiger partial charge in [0.25, 0.3) is 0 Å². The van der Waals surface area contributed by atoms with Crippen molar-refractivity contribution >= 4 is 34.4 Å². The fourth-order valence-electron chi connectivity index (χ4n) is 9.90. The van der Waals surface area contributed by atoms with Crippen LogP contribution in [0.2, 0.25) is 0 Å². The number of carbonyl (C=O) groups is 1. The molecule has 2 aromatic carbocycles. The van der Waals surface area contributed by atoms with Crippen molar-refractivity contribution in [2.75, 3.05) is 5.75 Å². The average Bonchev–Trinajstić information content (AvgIpc) is 3.55. The van der Waals surface area contributed by atoms with E-state index in [1.165, 1.54) is 29.5 Å². The van der Waals surface area contributed by atoms with Gasteiger partial charge in [-0.25, -0.2) is 14.1 Å². The lowest BCUT2D eigenvalue weighted by molar-refractivity contribution is -0.177. The number of rotatable bonds is 5. The highest BCUT2D eigenvalue weighted by Gasteiger charge is 2.68. The number of carbonyl (C=O) groups excluding carboxylic acids is 1. The molecule has 45 heavy (non-hydrogen) atoms. The molecule has 4 aromatic rings.